The number of rotatable bonds is 6. The number of pyridine rings is 1. The normalized spacial score (nSPS) is 10.4. The van der Waals surface area contributed by atoms with Gasteiger partial charge < -0.3 is 5.32 Å². The number of hydrogen-bond acceptors (Lipinski definition) is 4. The maximum Gasteiger partial charge on any atom is 0.273 e. The number of nitrogens with zero attached hydrogens (tertiary/aromatic N) is 2. The van der Waals surface area contributed by atoms with Crippen LogP contribution in [-0.2, 0) is 13.0 Å². The molecule has 0 radical (unpaired) electrons. The van der Waals surface area contributed by atoms with Crippen LogP contribution in [0.1, 0.15) is 11.1 Å². The van der Waals surface area contributed by atoms with E-state index >= 15 is 0 Å². The molecule has 5 nitrogen and oxygen atoms in total. The summed E-state index contributed by atoms with van der Waals surface area (Å²) in [5, 5.41) is 14.6. The van der Waals surface area contributed by atoms with E-state index in [9.17, 15) is 10.1 Å². The minimum Gasteiger partial charge on any atom is -0.312 e. The van der Waals surface area contributed by atoms with Crippen LogP contribution >= 0.6 is 11.6 Å². The third-order valence-corrected chi connectivity index (χ3v) is 3.13. The van der Waals surface area contributed by atoms with Crippen LogP contribution in [-0.4, -0.2) is 16.5 Å². The van der Waals surface area contributed by atoms with Gasteiger partial charge in [-0.25, -0.2) is 0 Å². The van der Waals surface area contributed by atoms with Gasteiger partial charge in [0, 0.05) is 35.6 Å². The van der Waals surface area contributed by atoms with Gasteiger partial charge >= 0.3 is 0 Å². The van der Waals surface area contributed by atoms with Crippen LogP contribution in [0.5, 0.6) is 0 Å². The lowest BCUT2D eigenvalue weighted by atomic mass is 10.1. The predicted octanol–water partition coefficient (Wildman–Crippen LogP) is 2.98. The fourth-order valence-corrected chi connectivity index (χ4v) is 2.07. The van der Waals surface area contributed by atoms with Gasteiger partial charge in [-0.15, -0.1) is 0 Å². The van der Waals surface area contributed by atoms with Crippen molar-refractivity contribution in [2.24, 2.45) is 0 Å². The number of aromatic nitrogens is 1. The lowest BCUT2D eigenvalue weighted by Crippen LogP contribution is -2.17. The van der Waals surface area contributed by atoms with Gasteiger partial charge in [-0.05, 0) is 42.8 Å². The summed E-state index contributed by atoms with van der Waals surface area (Å²) in [5.41, 5.74) is 1.86. The largest absolute Gasteiger partial charge is 0.312 e. The fraction of sp³-hybridized carbons (Fsp3) is 0.214. The van der Waals surface area contributed by atoms with Crippen molar-refractivity contribution >= 4 is 17.3 Å². The molecular formula is C14H14ClN3O2. The molecule has 1 heterocycles. The minimum atomic E-state index is -0.393. The summed E-state index contributed by atoms with van der Waals surface area (Å²) in [4.78, 5) is 14.5. The Morgan fingerprint density at radius 3 is 2.70 bits per heavy atom. The Morgan fingerprint density at radius 2 is 2.00 bits per heavy atom. The molecule has 6 heteroatoms. The number of halogens is 1. The van der Waals surface area contributed by atoms with Gasteiger partial charge in [0.1, 0.15) is 0 Å². The molecular weight excluding hydrogens is 278 g/mol. The van der Waals surface area contributed by atoms with Crippen LogP contribution in [0, 0.1) is 10.1 Å². The highest BCUT2D eigenvalue weighted by atomic mass is 35.5. The molecule has 0 fully saturated rings. The third kappa shape index (κ3) is 4.01. The molecule has 1 aromatic heterocycles. The van der Waals surface area contributed by atoms with E-state index in [1.165, 1.54) is 17.7 Å². The maximum absolute atomic E-state index is 10.9. The van der Waals surface area contributed by atoms with Crippen molar-refractivity contribution in [3.63, 3.8) is 0 Å². The van der Waals surface area contributed by atoms with Crippen molar-refractivity contribution in [3.05, 3.63) is 69.0 Å². The second-order valence-corrected chi connectivity index (χ2v) is 4.75. The molecule has 0 atom stereocenters. The first-order valence-corrected chi connectivity index (χ1v) is 6.57. The molecule has 104 valence electrons. The van der Waals surface area contributed by atoms with Gasteiger partial charge in [-0.2, -0.15) is 0 Å². The SMILES string of the molecule is O=[N+]([O-])c1ccc(Cl)cc1CNCCc1ccncc1. The van der Waals surface area contributed by atoms with Crippen LogP contribution in [0.3, 0.4) is 0 Å². The number of benzene rings is 1. The first kappa shape index (κ1) is 14.4. The van der Waals surface area contributed by atoms with E-state index in [0.29, 0.717) is 17.1 Å². The molecule has 0 aliphatic heterocycles. The maximum atomic E-state index is 10.9. The van der Waals surface area contributed by atoms with Gasteiger partial charge in [0.25, 0.3) is 5.69 Å². The molecule has 0 unspecified atom stereocenters. The molecule has 0 saturated carbocycles. The number of nitrogens with one attached hydrogen (secondary N) is 1. The summed E-state index contributed by atoms with van der Waals surface area (Å²) >= 11 is 5.87. The molecule has 0 bridgehead atoms. The minimum absolute atomic E-state index is 0.0887. The van der Waals surface area contributed by atoms with Crippen molar-refractivity contribution in [1.29, 1.82) is 0 Å². The lowest BCUT2D eigenvalue weighted by Gasteiger charge is -2.06. The van der Waals surface area contributed by atoms with Crippen molar-refractivity contribution in [1.82, 2.24) is 10.3 Å². The average molecular weight is 292 g/mol. The quantitative estimate of drug-likeness (QED) is 0.505. The molecule has 0 saturated heterocycles. The summed E-state index contributed by atoms with van der Waals surface area (Å²) in [5.74, 6) is 0. The molecule has 0 amide bonds. The van der Waals surface area contributed by atoms with E-state index in [1.54, 1.807) is 18.5 Å². The molecule has 1 N–H and O–H groups in total. The van der Waals surface area contributed by atoms with Gasteiger partial charge in [0.15, 0.2) is 0 Å². The van der Waals surface area contributed by atoms with Crippen molar-refractivity contribution in [2.75, 3.05) is 6.54 Å². The molecule has 2 rings (SSSR count). The zero-order valence-corrected chi connectivity index (χ0v) is 11.5. The van der Waals surface area contributed by atoms with Crippen LogP contribution in [0.2, 0.25) is 5.02 Å². The molecule has 20 heavy (non-hydrogen) atoms. The molecule has 0 aliphatic carbocycles. The van der Waals surface area contributed by atoms with Crippen LogP contribution in [0.25, 0.3) is 0 Å². The standard InChI is InChI=1S/C14H14ClN3O2/c15-13-1-2-14(18(19)20)12(9-13)10-17-8-5-11-3-6-16-7-4-11/h1-4,6-7,9,17H,5,8,10H2. The van der Waals surface area contributed by atoms with Crippen molar-refractivity contribution < 1.29 is 4.92 Å². The Hall–Kier alpha value is -1.98. The van der Waals surface area contributed by atoms with Gasteiger partial charge in [-0.1, -0.05) is 11.6 Å². The van der Waals surface area contributed by atoms with Gasteiger partial charge in [0.05, 0.1) is 4.92 Å². The van der Waals surface area contributed by atoms with E-state index in [1.807, 2.05) is 12.1 Å². The van der Waals surface area contributed by atoms with E-state index in [4.69, 9.17) is 11.6 Å². The topological polar surface area (TPSA) is 68.1 Å². The van der Waals surface area contributed by atoms with E-state index in [0.717, 1.165) is 13.0 Å². The average Bonchev–Trinajstić information content (AvgIpc) is 2.44. The summed E-state index contributed by atoms with van der Waals surface area (Å²) in [6.45, 7) is 1.15. The number of nitro groups is 1. The zero-order valence-electron chi connectivity index (χ0n) is 10.8. The highest BCUT2D eigenvalue weighted by molar-refractivity contribution is 6.30. The highest BCUT2D eigenvalue weighted by Gasteiger charge is 2.13. The van der Waals surface area contributed by atoms with Crippen molar-refractivity contribution in [2.45, 2.75) is 13.0 Å². The molecule has 0 aliphatic rings. The fourth-order valence-electron chi connectivity index (χ4n) is 1.88. The van der Waals surface area contributed by atoms with Gasteiger partial charge in [-0.3, -0.25) is 15.1 Å². The summed E-state index contributed by atoms with van der Waals surface area (Å²) in [7, 11) is 0. The summed E-state index contributed by atoms with van der Waals surface area (Å²) in [6.07, 6.45) is 4.34. The number of nitro benzene ring substituents is 1. The number of hydrogen-bond donors (Lipinski definition) is 1. The Bertz CT molecular complexity index is 590. The van der Waals surface area contributed by atoms with Crippen LogP contribution in [0.4, 0.5) is 5.69 Å². The van der Waals surface area contributed by atoms with Gasteiger partial charge in [0.2, 0.25) is 0 Å². The summed E-state index contributed by atoms with van der Waals surface area (Å²) in [6, 6.07) is 8.48. The smallest absolute Gasteiger partial charge is 0.273 e. The Labute approximate surface area is 121 Å². The predicted molar refractivity (Wildman–Crippen MR) is 77.8 cm³/mol. The lowest BCUT2D eigenvalue weighted by molar-refractivity contribution is -0.385. The molecule has 1 aromatic carbocycles. The monoisotopic (exact) mass is 291 g/mol. The molecule has 2 aromatic rings. The zero-order chi connectivity index (χ0) is 14.4. The van der Waals surface area contributed by atoms with E-state index in [2.05, 4.69) is 10.3 Å². The highest BCUT2D eigenvalue weighted by Crippen LogP contribution is 2.22. The van der Waals surface area contributed by atoms with Crippen LogP contribution in [0.15, 0.2) is 42.7 Å². The Morgan fingerprint density at radius 1 is 1.25 bits per heavy atom. The van der Waals surface area contributed by atoms with E-state index in [-0.39, 0.29) is 5.69 Å². The Kier molecular flexibility index (Phi) is 5.03. The first-order chi connectivity index (χ1) is 9.66. The van der Waals surface area contributed by atoms with Crippen LogP contribution < -0.4 is 5.32 Å². The second kappa shape index (κ2) is 6.98. The molecule has 0 spiro atoms. The second-order valence-electron chi connectivity index (χ2n) is 4.31. The third-order valence-electron chi connectivity index (χ3n) is 2.89. The first-order valence-electron chi connectivity index (χ1n) is 6.19. The summed E-state index contributed by atoms with van der Waals surface area (Å²) < 4.78 is 0. The van der Waals surface area contributed by atoms with Crippen molar-refractivity contribution in [3.8, 4) is 0 Å². The van der Waals surface area contributed by atoms with E-state index < -0.39 is 4.92 Å². The Balaban J connectivity index is 1.91.